The number of nitrogens with one attached hydrogen (secondary N) is 2. The van der Waals surface area contributed by atoms with Gasteiger partial charge in [-0.3, -0.25) is 0 Å². The third-order valence-electron chi connectivity index (χ3n) is 3.70. The van der Waals surface area contributed by atoms with Crippen molar-refractivity contribution in [1.29, 1.82) is 0 Å². The highest BCUT2D eigenvalue weighted by Crippen LogP contribution is 2.23. The Kier molecular flexibility index (Phi) is 4.56. The molecule has 2 nitrogen and oxygen atoms in total. The number of aryl methyl sites for hydroxylation is 1. The van der Waals surface area contributed by atoms with Gasteiger partial charge in [0.15, 0.2) is 0 Å². The monoisotopic (exact) mass is 244 g/mol. The average molecular weight is 244 g/mol. The topological polar surface area (TPSA) is 24.1 Å². The number of hydrogen-bond acceptors (Lipinski definition) is 2. The Morgan fingerprint density at radius 1 is 1.44 bits per heavy atom. The van der Waals surface area contributed by atoms with Crippen molar-refractivity contribution in [2.75, 3.05) is 13.1 Å². The summed E-state index contributed by atoms with van der Waals surface area (Å²) in [4.78, 5) is 0. The second kappa shape index (κ2) is 6.17. The molecule has 0 aromatic heterocycles. The third-order valence-corrected chi connectivity index (χ3v) is 3.70. The maximum atomic E-state index is 3.72. The van der Waals surface area contributed by atoms with Crippen LogP contribution < -0.4 is 10.6 Å². The molecule has 1 saturated heterocycles. The molecule has 0 bridgehead atoms. The largest absolute Gasteiger partial charge is 0.315 e. The van der Waals surface area contributed by atoms with Crippen molar-refractivity contribution in [3.8, 4) is 0 Å². The maximum Gasteiger partial charge on any atom is 0.0300 e. The van der Waals surface area contributed by atoms with Gasteiger partial charge < -0.3 is 10.6 Å². The minimum Gasteiger partial charge on any atom is -0.315 e. The summed E-state index contributed by atoms with van der Waals surface area (Å²) in [6.07, 6.45) is 5.57. The third kappa shape index (κ3) is 3.01. The molecule has 0 amide bonds. The van der Waals surface area contributed by atoms with Crippen LogP contribution in [-0.4, -0.2) is 19.1 Å². The highest BCUT2D eigenvalue weighted by Gasteiger charge is 2.18. The second-order valence-electron chi connectivity index (χ2n) is 5.16. The summed E-state index contributed by atoms with van der Waals surface area (Å²) in [5.74, 6) is 0. The van der Waals surface area contributed by atoms with Crippen LogP contribution in [0.3, 0.4) is 0 Å². The zero-order valence-electron chi connectivity index (χ0n) is 11.7. The average Bonchev–Trinajstić information content (AvgIpc) is 2.84. The molecule has 1 fully saturated rings. The summed E-state index contributed by atoms with van der Waals surface area (Å²) >= 11 is 0. The van der Waals surface area contributed by atoms with Gasteiger partial charge in [-0.25, -0.2) is 0 Å². The molecule has 2 rings (SSSR count). The fourth-order valence-corrected chi connectivity index (χ4v) is 2.72. The first-order chi connectivity index (χ1) is 8.72. The summed E-state index contributed by atoms with van der Waals surface area (Å²) < 4.78 is 0. The van der Waals surface area contributed by atoms with E-state index in [0.717, 1.165) is 13.1 Å². The van der Waals surface area contributed by atoms with Gasteiger partial charge in [0.2, 0.25) is 0 Å². The predicted molar refractivity (Wildman–Crippen MR) is 78.7 cm³/mol. The van der Waals surface area contributed by atoms with Crippen molar-refractivity contribution < 1.29 is 0 Å². The Morgan fingerprint density at radius 2 is 2.28 bits per heavy atom. The fourth-order valence-electron chi connectivity index (χ4n) is 2.72. The fraction of sp³-hybridized carbons (Fsp3) is 0.500. The molecule has 0 saturated carbocycles. The van der Waals surface area contributed by atoms with Gasteiger partial charge in [-0.2, -0.15) is 0 Å². The molecule has 1 aromatic carbocycles. The molecule has 1 aliphatic rings. The van der Waals surface area contributed by atoms with Crippen LogP contribution in [0.4, 0.5) is 0 Å². The van der Waals surface area contributed by atoms with E-state index in [1.54, 1.807) is 0 Å². The SMILES string of the molecule is C/C=C\c1c(C)cccc1[C@@H](C)N[C@@H]1CCNC1. The Morgan fingerprint density at radius 3 is 2.94 bits per heavy atom. The lowest BCUT2D eigenvalue weighted by atomic mass is 9.96. The van der Waals surface area contributed by atoms with E-state index in [9.17, 15) is 0 Å². The predicted octanol–water partition coefficient (Wildman–Crippen LogP) is 3.04. The van der Waals surface area contributed by atoms with Gasteiger partial charge in [-0.05, 0) is 50.4 Å². The minimum atomic E-state index is 0.404. The van der Waals surface area contributed by atoms with E-state index in [2.05, 4.69) is 61.8 Å². The summed E-state index contributed by atoms with van der Waals surface area (Å²) in [7, 11) is 0. The van der Waals surface area contributed by atoms with Crippen molar-refractivity contribution in [2.24, 2.45) is 0 Å². The smallest absolute Gasteiger partial charge is 0.0300 e. The molecule has 0 unspecified atom stereocenters. The van der Waals surface area contributed by atoms with E-state index in [4.69, 9.17) is 0 Å². The standard InChI is InChI=1S/C16H24N2/c1-4-6-15-12(2)7-5-8-16(15)13(3)18-14-9-10-17-11-14/h4-8,13-14,17-18H,9-11H2,1-3H3/b6-4-/t13-,14-/m1/s1. The van der Waals surface area contributed by atoms with Crippen LogP contribution in [0.2, 0.25) is 0 Å². The molecule has 1 aliphatic heterocycles. The van der Waals surface area contributed by atoms with E-state index >= 15 is 0 Å². The Balaban J connectivity index is 2.17. The molecule has 1 aromatic rings. The molecule has 0 radical (unpaired) electrons. The maximum absolute atomic E-state index is 3.72. The quantitative estimate of drug-likeness (QED) is 0.850. The number of benzene rings is 1. The van der Waals surface area contributed by atoms with Gasteiger partial charge in [-0.15, -0.1) is 0 Å². The van der Waals surface area contributed by atoms with Crippen molar-refractivity contribution >= 4 is 6.08 Å². The molecule has 2 atom stereocenters. The molecule has 0 spiro atoms. The summed E-state index contributed by atoms with van der Waals surface area (Å²) in [5.41, 5.74) is 4.12. The first-order valence-electron chi connectivity index (χ1n) is 6.91. The van der Waals surface area contributed by atoms with Gasteiger partial charge in [0, 0.05) is 18.6 Å². The zero-order chi connectivity index (χ0) is 13.0. The number of allylic oxidation sites excluding steroid dienone is 1. The first kappa shape index (κ1) is 13.3. The Bertz CT molecular complexity index is 417. The highest BCUT2D eigenvalue weighted by atomic mass is 15.0. The lowest BCUT2D eigenvalue weighted by Gasteiger charge is -2.21. The van der Waals surface area contributed by atoms with E-state index in [0.29, 0.717) is 12.1 Å². The Labute approximate surface area is 110 Å². The van der Waals surface area contributed by atoms with Crippen LogP contribution in [0.25, 0.3) is 6.08 Å². The molecule has 2 heteroatoms. The van der Waals surface area contributed by atoms with Gasteiger partial charge >= 0.3 is 0 Å². The van der Waals surface area contributed by atoms with Crippen LogP contribution >= 0.6 is 0 Å². The van der Waals surface area contributed by atoms with E-state index in [-0.39, 0.29) is 0 Å². The van der Waals surface area contributed by atoms with Crippen LogP contribution in [0, 0.1) is 6.92 Å². The van der Waals surface area contributed by atoms with Crippen molar-refractivity contribution in [3.63, 3.8) is 0 Å². The van der Waals surface area contributed by atoms with Gasteiger partial charge in [0.05, 0.1) is 0 Å². The summed E-state index contributed by atoms with van der Waals surface area (Å²) in [5, 5.41) is 7.13. The summed E-state index contributed by atoms with van der Waals surface area (Å²) in [6.45, 7) is 8.76. The molecule has 2 N–H and O–H groups in total. The van der Waals surface area contributed by atoms with Crippen LogP contribution in [0.5, 0.6) is 0 Å². The van der Waals surface area contributed by atoms with E-state index in [1.807, 2.05) is 0 Å². The van der Waals surface area contributed by atoms with Gasteiger partial charge in [0.25, 0.3) is 0 Å². The molecular weight excluding hydrogens is 220 g/mol. The van der Waals surface area contributed by atoms with Crippen molar-refractivity contribution in [2.45, 2.75) is 39.3 Å². The Hall–Kier alpha value is -1.12. The van der Waals surface area contributed by atoms with Crippen LogP contribution in [-0.2, 0) is 0 Å². The lowest BCUT2D eigenvalue weighted by Crippen LogP contribution is -2.33. The number of rotatable bonds is 4. The first-order valence-corrected chi connectivity index (χ1v) is 6.91. The molecule has 18 heavy (non-hydrogen) atoms. The van der Waals surface area contributed by atoms with Crippen molar-refractivity contribution in [1.82, 2.24) is 10.6 Å². The summed E-state index contributed by atoms with van der Waals surface area (Å²) in [6, 6.07) is 7.59. The molecule has 1 heterocycles. The van der Waals surface area contributed by atoms with Gasteiger partial charge in [-0.1, -0.05) is 30.4 Å². The minimum absolute atomic E-state index is 0.404. The highest BCUT2D eigenvalue weighted by molar-refractivity contribution is 5.58. The molecule has 98 valence electrons. The van der Waals surface area contributed by atoms with Crippen LogP contribution in [0.1, 0.15) is 43.0 Å². The normalized spacial score (nSPS) is 21.6. The lowest BCUT2D eigenvalue weighted by molar-refractivity contribution is 0.478. The number of hydrogen-bond donors (Lipinski definition) is 2. The van der Waals surface area contributed by atoms with E-state index in [1.165, 1.54) is 23.1 Å². The second-order valence-corrected chi connectivity index (χ2v) is 5.16. The van der Waals surface area contributed by atoms with Crippen LogP contribution in [0.15, 0.2) is 24.3 Å². The van der Waals surface area contributed by atoms with Gasteiger partial charge in [0.1, 0.15) is 0 Å². The zero-order valence-corrected chi connectivity index (χ0v) is 11.7. The van der Waals surface area contributed by atoms with Crippen molar-refractivity contribution in [3.05, 3.63) is 41.0 Å². The molecular formula is C16H24N2. The molecule has 0 aliphatic carbocycles. The van der Waals surface area contributed by atoms with E-state index < -0.39 is 0 Å².